The van der Waals surface area contributed by atoms with E-state index in [-0.39, 0.29) is 0 Å². The highest BCUT2D eigenvalue weighted by Crippen LogP contribution is 2.07. The third-order valence-corrected chi connectivity index (χ3v) is 2.64. The standard InChI is InChI=1S/C13H26N4/c1-12(2)11-15-13-14-7-10-17(13)9-6-5-8-16(3)4/h7,10,12H,5-6,8-9,11H2,1-4H3,(H,14,15). The highest BCUT2D eigenvalue weighted by Gasteiger charge is 2.02. The van der Waals surface area contributed by atoms with E-state index in [0.717, 1.165) is 25.6 Å². The number of aromatic nitrogens is 2. The molecule has 17 heavy (non-hydrogen) atoms. The summed E-state index contributed by atoms with van der Waals surface area (Å²) in [6, 6.07) is 0. The first-order chi connectivity index (χ1) is 8.09. The number of nitrogens with one attached hydrogen (secondary N) is 1. The lowest BCUT2D eigenvalue weighted by molar-refractivity contribution is 0.388. The molecule has 1 heterocycles. The summed E-state index contributed by atoms with van der Waals surface area (Å²) >= 11 is 0. The molecule has 0 saturated carbocycles. The highest BCUT2D eigenvalue weighted by molar-refractivity contribution is 5.25. The van der Waals surface area contributed by atoms with Crippen LogP contribution in [0.5, 0.6) is 0 Å². The van der Waals surface area contributed by atoms with Gasteiger partial charge in [-0.3, -0.25) is 0 Å². The molecule has 0 spiro atoms. The Labute approximate surface area is 105 Å². The van der Waals surface area contributed by atoms with Crippen molar-refractivity contribution in [2.24, 2.45) is 5.92 Å². The van der Waals surface area contributed by atoms with Crippen LogP contribution in [0.25, 0.3) is 0 Å². The molecule has 0 atom stereocenters. The zero-order chi connectivity index (χ0) is 12.7. The molecule has 0 amide bonds. The second-order valence-corrected chi connectivity index (χ2v) is 5.23. The first kappa shape index (κ1) is 14.0. The number of anilines is 1. The molecule has 0 radical (unpaired) electrons. The quantitative estimate of drug-likeness (QED) is 0.705. The Balaban J connectivity index is 2.30. The van der Waals surface area contributed by atoms with Crippen LogP contribution in [0.1, 0.15) is 26.7 Å². The Morgan fingerprint density at radius 3 is 2.76 bits per heavy atom. The van der Waals surface area contributed by atoms with Crippen LogP contribution in [0.4, 0.5) is 5.95 Å². The van der Waals surface area contributed by atoms with Gasteiger partial charge in [0.2, 0.25) is 5.95 Å². The molecule has 1 aromatic heterocycles. The average molecular weight is 238 g/mol. The maximum absolute atomic E-state index is 4.34. The Morgan fingerprint density at radius 1 is 1.35 bits per heavy atom. The van der Waals surface area contributed by atoms with E-state index in [1.54, 1.807) is 0 Å². The van der Waals surface area contributed by atoms with Crippen LogP contribution in [-0.4, -0.2) is 41.6 Å². The van der Waals surface area contributed by atoms with Crippen molar-refractivity contribution in [3.63, 3.8) is 0 Å². The van der Waals surface area contributed by atoms with Gasteiger partial charge >= 0.3 is 0 Å². The van der Waals surface area contributed by atoms with Gasteiger partial charge < -0.3 is 14.8 Å². The van der Waals surface area contributed by atoms with Gasteiger partial charge in [0, 0.05) is 25.5 Å². The lowest BCUT2D eigenvalue weighted by atomic mass is 10.2. The summed E-state index contributed by atoms with van der Waals surface area (Å²) < 4.78 is 2.21. The molecule has 0 aromatic carbocycles. The number of hydrogen-bond acceptors (Lipinski definition) is 3. The van der Waals surface area contributed by atoms with Crippen molar-refractivity contribution in [1.82, 2.24) is 14.5 Å². The lowest BCUT2D eigenvalue weighted by Gasteiger charge is -2.12. The third-order valence-electron chi connectivity index (χ3n) is 2.64. The SMILES string of the molecule is CC(C)CNc1nccn1CCCCN(C)C. The molecule has 0 unspecified atom stereocenters. The number of imidazole rings is 1. The minimum Gasteiger partial charge on any atom is -0.355 e. The molecule has 98 valence electrons. The molecular weight excluding hydrogens is 212 g/mol. The molecule has 1 aromatic rings. The van der Waals surface area contributed by atoms with E-state index in [2.05, 4.69) is 53.9 Å². The molecule has 4 nitrogen and oxygen atoms in total. The summed E-state index contributed by atoms with van der Waals surface area (Å²) in [5.74, 6) is 1.65. The first-order valence-corrected chi connectivity index (χ1v) is 6.49. The Hall–Kier alpha value is -1.03. The summed E-state index contributed by atoms with van der Waals surface area (Å²) in [6.07, 6.45) is 6.35. The Bertz CT molecular complexity index is 304. The number of aryl methyl sites for hydroxylation is 1. The van der Waals surface area contributed by atoms with Crippen LogP contribution in [0.15, 0.2) is 12.4 Å². The van der Waals surface area contributed by atoms with Crippen molar-refractivity contribution < 1.29 is 0 Å². The fourth-order valence-corrected chi connectivity index (χ4v) is 1.66. The lowest BCUT2D eigenvalue weighted by Crippen LogP contribution is -2.15. The van der Waals surface area contributed by atoms with Crippen molar-refractivity contribution >= 4 is 5.95 Å². The predicted octanol–water partition coefficient (Wildman–Crippen LogP) is 2.29. The van der Waals surface area contributed by atoms with Gasteiger partial charge in [0.15, 0.2) is 0 Å². The van der Waals surface area contributed by atoms with Crippen molar-refractivity contribution in [1.29, 1.82) is 0 Å². The molecular formula is C13H26N4. The summed E-state index contributed by atoms with van der Waals surface area (Å²) in [4.78, 5) is 6.57. The minimum atomic E-state index is 0.647. The van der Waals surface area contributed by atoms with E-state index >= 15 is 0 Å². The summed E-state index contributed by atoms with van der Waals surface area (Å²) in [7, 11) is 4.24. The minimum absolute atomic E-state index is 0.647. The van der Waals surface area contributed by atoms with Crippen molar-refractivity contribution in [3.8, 4) is 0 Å². The predicted molar refractivity (Wildman–Crippen MR) is 73.3 cm³/mol. The van der Waals surface area contributed by atoms with Gasteiger partial charge in [-0.15, -0.1) is 0 Å². The van der Waals surface area contributed by atoms with Crippen LogP contribution in [-0.2, 0) is 6.54 Å². The van der Waals surface area contributed by atoms with Crippen LogP contribution in [0, 0.1) is 5.92 Å². The van der Waals surface area contributed by atoms with E-state index in [9.17, 15) is 0 Å². The zero-order valence-corrected chi connectivity index (χ0v) is 11.6. The van der Waals surface area contributed by atoms with E-state index in [4.69, 9.17) is 0 Å². The molecule has 0 saturated heterocycles. The number of unbranched alkanes of at least 4 members (excludes halogenated alkanes) is 1. The molecule has 0 aliphatic carbocycles. The van der Waals surface area contributed by atoms with Crippen LogP contribution >= 0.6 is 0 Å². The zero-order valence-electron chi connectivity index (χ0n) is 11.6. The molecule has 4 heteroatoms. The molecule has 1 N–H and O–H groups in total. The van der Waals surface area contributed by atoms with Crippen molar-refractivity contribution in [2.45, 2.75) is 33.2 Å². The smallest absolute Gasteiger partial charge is 0.202 e. The second-order valence-electron chi connectivity index (χ2n) is 5.23. The summed E-state index contributed by atoms with van der Waals surface area (Å²) in [6.45, 7) is 7.60. The Kier molecular flexibility index (Phi) is 6.05. The first-order valence-electron chi connectivity index (χ1n) is 6.49. The summed E-state index contributed by atoms with van der Waals surface area (Å²) in [5.41, 5.74) is 0. The monoisotopic (exact) mass is 238 g/mol. The van der Waals surface area contributed by atoms with Crippen LogP contribution in [0.2, 0.25) is 0 Å². The fraction of sp³-hybridized carbons (Fsp3) is 0.769. The molecule has 0 fully saturated rings. The van der Waals surface area contributed by atoms with Crippen LogP contribution in [0.3, 0.4) is 0 Å². The fourth-order valence-electron chi connectivity index (χ4n) is 1.66. The average Bonchev–Trinajstić information content (AvgIpc) is 2.68. The van der Waals surface area contributed by atoms with Crippen molar-refractivity contribution in [2.75, 3.05) is 32.5 Å². The van der Waals surface area contributed by atoms with Crippen molar-refractivity contribution in [3.05, 3.63) is 12.4 Å². The number of rotatable bonds is 8. The van der Waals surface area contributed by atoms with E-state index in [1.807, 2.05) is 6.20 Å². The molecule has 0 bridgehead atoms. The van der Waals surface area contributed by atoms with Gasteiger partial charge in [0.25, 0.3) is 0 Å². The summed E-state index contributed by atoms with van der Waals surface area (Å²) in [5, 5.41) is 3.38. The Morgan fingerprint density at radius 2 is 2.12 bits per heavy atom. The molecule has 1 rings (SSSR count). The second kappa shape index (κ2) is 7.33. The van der Waals surface area contributed by atoms with Gasteiger partial charge in [0.1, 0.15) is 0 Å². The molecule has 0 aliphatic heterocycles. The van der Waals surface area contributed by atoms with E-state index in [0.29, 0.717) is 5.92 Å². The number of nitrogens with zero attached hydrogens (tertiary/aromatic N) is 3. The van der Waals surface area contributed by atoms with E-state index in [1.165, 1.54) is 12.8 Å². The van der Waals surface area contributed by atoms with E-state index < -0.39 is 0 Å². The highest BCUT2D eigenvalue weighted by atomic mass is 15.2. The van der Waals surface area contributed by atoms with Gasteiger partial charge in [-0.2, -0.15) is 0 Å². The normalized spacial score (nSPS) is 11.4. The third kappa shape index (κ3) is 5.73. The molecule has 0 aliphatic rings. The van der Waals surface area contributed by atoms with Gasteiger partial charge in [-0.05, 0) is 39.4 Å². The van der Waals surface area contributed by atoms with Gasteiger partial charge in [-0.1, -0.05) is 13.8 Å². The maximum atomic E-state index is 4.34. The van der Waals surface area contributed by atoms with Gasteiger partial charge in [0.05, 0.1) is 0 Å². The maximum Gasteiger partial charge on any atom is 0.202 e. The largest absolute Gasteiger partial charge is 0.355 e. The van der Waals surface area contributed by atoms with Gasteiger partial charge in [-0.25, -0.2) is 4.98 Å². The number of hydrogen-bond donors (Lipinski definition) is 1. The topological polar surface area (TPSA) is 33.1 Å². The van der Waals surface area contributed by atoms with Crippen LogP contribution < -0.4 is 5.32 Å².